The third-order valence-corrected chi connectivity index (χ3v) is 5.30. The molecular weight excluding hydrogens is 432 g/mol. The fraction of sp³-hybridized carbons (Fsp3) is 0.111. The van der Waals surface area contributed by atoms with Crippen molar-refractivity contribution in [2.45, 2.75) is 13.5 Å². The van der Waals surface area contributed by atoms with Gasteiger partial charge in [-0.1, -0.05) is 39.4 Å². The number of rotatable bonds is 6. The minimum atomic E-state index is -0.455. The van der Waals surface area contributed by atoms with E-state index in [-0.39, 0.29) is 18.1 Å². The van der Waals surface area contributed by atoms with Crippen LogP contribution in [0.1, 0.15) is 20.9 Å². The Labute approximate surface area is 167 Å². The second kappa shape index (κ2) is 8.28. The van der Waals surface area contributed by atoms with Gasteiger partial charge in [0.25, 0.3) is 11.6 Å². The molecule has 2 N–H and O–H groups in total. The van der Waals surface area contributed by atoms with E-state index in [9.17, 15) is 14.9 Å². The number of aryl methyl sites for hydroxylation is 1. The molecule has 0 saturated carbocycles. The molecule has 0 radical (unpaired) electrons. The number of nitrogens with zero attached hydrogens (tertiary/aromatic N) is 2. The molecular formula is C18H15BrN4O3S. The molecule has 0 aliphatic heterocycles. The van der Waals surface area contributed by atoms with Gasteiger partial charge in [0, 0.05) is 28.8 Å². The fourth-order valence-corrected chi connectivity index (χ4v) is 3.48. The van der Waals surface area contributed by atoms with Gasteiger partial charge < -0.3 is 10.6 Å². The minimum Gasteiger partial charge on any atom is -0.347 e. The Morgan fingerprint density at radius 3 is 2.48 bits per heavy atom. The summed E-state index contributed by atoms with van der Waals surface area (Å²) < 4.78 is 0.981. The number of thiazole rings is 1. The van der Waals surface area contributed by atoms with Gasteiger partial charge in [-0.25, -0.2) is 4.98 Å². The van der Waals surface area contributed by atoms with E-state index in [0.717, 1.165) is 15.7 Å². The van der Waals surface area contributed by atoms with E-state index in [1.807, 2.05) is 24.3 Å². The van der Waals surface area contributed by atoms with E-state index in [1.165, 1.54) is 23.5 Å². The summed E-state index contributed by atoms with van der Waals surface area (Å²) in [5.74, 6) is -0.229. The van der Waals surface area contributed by atoms with Crippen LogP contribution in [0.2, 0.25) is 0 Å². The number of nitro groups is 1. The lowest BCUT2D eigenvalue weighted by Crippen LogP contribution is -2.22. The summed E-state index contributed by atoms with van der Waals surface area (Å²) in [6.07, 6.45) is 0. The SMILES string of the molecule is Cc1nc(Nc2ccc(Br)cc2)sc1C(=O)NCc1ccc([N+](=O)[O-])cc1. The number of hydrogen-bond acceptors (Lipinski definition) is 6. The molecule has 0 spiro atoms. The van der Waals surface area contributed by atoms with Crippen molar-refractivity contribution in [3.05, 3.63) is 79.3 Å². The monoisotopic (exact) mass is 446 g/mol. The molecule has 0 saturated heterocycles. The molecule has 1 aromatic heterocycles. The number of hydrogen-bond donors (Lipinski definition) is 2. The first-order valence-electron chi connectivity index (χ1n) is 7.94. The highest BCUT2D eigenvalue weighted by molar-refractivity contribution is 9.10. The zero-order valence-corrected chi connectivity index (χ0v) is 16.6. The maximum atomic E-state index is 12.4. The molecule has 0 bridgehead atoms. The van der Waals surface area contributed by atoms with Crippen LogP contribution >= 0.6 is 27.3 Å². The van der Waals surface area contributed by atoms with Gasteiger partial charge >= 0.3 is 0 Å². The Bertz CT molecular complexity index is 971. The van der Waals surface area contributed by atoms with Crippen molar-refractivity contribution in [1.82, 2.24) is 10.3 Å². The van der Waals surface area contributed by atoms with E-state index in [1.54, 1.807) is 19.1 Å². The number of nitro benzene ring substituents is 1. The number of non-ortho nitro benzene ring substituents is 1. The van der Waals surface area contributed by atoms with Crippen molar-refractivity contribution < 1.29 is 9.72 Å². The highest BCUT2D eigenvalue weighted by Gasteiger charge is 2.15. The topological polar surface area (TPSA) is 97.2 Å². The average molecular weight is 447 g/mol. The Hall–Kier alpha value is -2.78. The standard InChI is InChI=1S/C18H15BrN4O3S/c1-11-16(27-18(21-11)22-14-6-4-13(19)5-7-14)17(24)20-10-12-2-8-15(9-3-12)23(25)26/h2-9H,10H2,1H3,(H,20,24)(H,21,22). The van der Waals surface area contributed by atoms with Crippen LogP contribution in [0, 0.1) is 17.0 Å². The normalized spacial score (nSPS) is 10.4. The lowest BCUT2D eigenvalue weighted by atomic mass is 10.2. The molecule has 1 amide bonds. The molecule has 0 fully saturated rings. The first-order chi connectivity index (χ1) is 12.9. The van der Waals surface area contributed by atoms with Crippen LogP contribution < -0.4 is 10.6 Å². The largest absolute Gasteiger partial charge is 0.347 e. The summed E-state index contributed by atoms with van der Waals surface area (Å²) in [5, 5.41) is 17.3. The number of carbonyl (C=O) groups excluding carboxylic acids is 1. The Morgan fingerprint density at radius 2 is 1.85 bits per heavy atom. The summed E-state index contributed by atoms with van der Waals surface area (Å²) in [5.41, 5.74) is 2.32. The van der Waals surface area contributed by atoms with Gasteiger partial charge in [-0.3, -0.25) is 14.9 Å². The molecule has 0 aliphatic rings. The summed E-state index contributed by atoms with van der Waals surface area (Å²) in [6.45, 7) is 2.06. The number of anilines is 2. The number of amides is 1. The second-order valence-corrected chi connectivity index (χ2v) is 7.59. The van der Waals surface area contributed by atoms with E-state index in [4.69, 9.17) is 0 Å². The van der Waals surface area contributed by atoms with E-state index in [2.05, 4.69) is 31.5 Å². The quantitative estimate of drug-likeness (QED) is 0.418. The Morgan fingerprint density at radius 1 is 1.19 bits per heavy atom. The fourth-order valence-electron chi connectivity index (χ4n) is 2.32. The molecule has 0 unspecified atom stereocenters. The molecule has 0 atom stereocenters. The first kappa shape index (κ1) is 19.0. The van der Waals surface area contributed by atoms with Crippen LogP contribution in [0.3, 0.4) is 0 Å². The number of carbonyl (C=O) groups is 1. The van der Waals surface area contributed by atoms with Gasteiger partial charge in [0.05, 0.1) is 10.6 Å². The van der Waals surface area contributed by atoms with Crippen LogP contribution in [-0.2, 0) is 6.54 Å². The molecule has 3 aromatic rings. The van der Waals surface area contributed by atoms with Gasteiger partial charge in [0.1, 0.15) is 4.88 Å². The van der Waals surface area contributed by atoms with Crippen molar-refractivity contribution >= 4 is 49.7 Å². The van der Waals surface area contributed by atoms with Gasteiger partial charge in [-0.15, -0.1) is 0 Å². The van der Waals surface area contributed by atoms with Crippen LogP contribution in [-0.4, -0.2) is 15.8 Å². The van der Waals surface area contributed by atoms with E-state index < -0.39 is 4.92 Å². The highest BCUT2D eigenvalue weighted by atomic mass is 79.9. The molecule has 2 aromatic carbocycles. The third kappa shape index (κ3) is 4.89. The summed E-state index contributed by atoms with van der Waals surface area (Å²) >= 11 is 4.66. The lowest BCUT2D eigenvalue weighted by Gasteiger charge is -2.04. The number of benzene rings is 2. The molecule has 0 aliphatic carbocycles. The van der Waals surface area contributed by atoms with Gasteiger partial charge in [-0.2, -0.15) is 0 Å². The van der Waals surface area contributed by atoms with Crippen molar-refractivity contribution in [3.63, 3.8) is 0 Å². The van der Waals surface area contributed by atoms with Crippen LogP contribution in [0.4, 0.5) is 16.5 Å². The van der Waals surface area contributed by atoms with Crippen molar-refractivity contribution in [3.8, 4) is 0 Å². The molecule has 138 valence electrons. The van der Waals surface area contributed by atoms with Gasteiger partial charge in [0.15, 0.2) is 5.13 Å². The predicted octanol–water partition coefficient (Wildman–Crippen LogP) is 4.80. The van der Waals surface area contributed by atoms with Crippen LogP contribution in [0.25, 0.3) is 0 Å². The second-order valence-electron chi connectivity index (χ2n) is 5.67. The number of halogens is 1. The van der Waals surface area contributed by atoms with E-state index >= 15 is 0 Å². The maximum absolute atomic E-state index is 12.4. The zero-order chi connectivity index (χ0) is 19.4. The van der Waals surface area contributed by atoms with E-state index in [0.29, 0.717) is 15.7 Å². The average Bonchev–Trinajstić information content (AvgIpc) is 3.02. The predicted molar refractivity (Wildman–Crippen MR) is 109 cm³/mol. The summed E-state index contributed by atoms with van der Waals surface area (Å²) in [7, 11) is 0. The Balaban J connectivity index is 1.63. The summed E-state index contributed by atoms with van der Waals surface area (Å²) in [6, 6.07) is 13.7. The number of nitrogens with one attached hydrogen (secondary N) is 2. The van der Waals surface area contributed by atoms with Crippen LogP contribution in [0.5, 0.6) is 0 Å². The zero-order valence-electron chi connectivity index (χ0n) is 14.2. The van der Waals surface area contributed by atoms with Crippen LogP contribution in [0.15, 0.2) is 53.0 Å². The minimum absolute atomic E-state index is 0.0204. The molecule has 27 heavy (non-hydrogen) atoms. The molecule has 9 heteroatoms. The first-order valence-corrected chi connectivity index (χ1v) is 9.55. The molecule has 7 nitrogen and oxygen atoms in total. The lowest BCUT2D eigenvalue weighted by molar-refractivity contribution is -0.384. The van der Waals surface area contributed by atoms with Crippen molar-refractivity contribution in [1.29, 1.82) is 0 Å². The highest BCUT2D eigenvalue weighted by Crippen LogP contribution is 2.26. The Kier molecular flexibility index (Phi) is 5.82. The maximum Gasteiger partial charge on any atom is 0.269 e. The smallest absolute Gasteiger partial charge is 0.269 e. The summed E-state index contributed by atoms with van der Waals surface area (Å²) in [4.78, 5) is 27.6. The number of aromatic nitrogens is 1. The van der Waals surface area contributed by atoms with Crippen molar-refractivity contribution in [2.75, 3.05) is 5.32 Å². The molecule has 1 heterocycles. The third-order valence-electron chi connectivity index (χ3n) is 3.70. The molecule has 3 rings (SSSR count). The van der Waals surface area contributed by atoms with Gasteiger partial charge in [0.2, 0.25) is 0 Å². The van der Waals surface area contributed by atoms with Gasteiger partial charge in [-0.05, 0) is 36.8 Å². The van der Waals surface area contributed by atoms with Crippen molar-refractivity contribution in [2.24, 2.45) is 0 Å².